The van der Waals surface area contributed by atoms with Gasteiger partial charge in [0.05, 0.1) is 7.11 Å². The van der Waals surface area contributed by atoms with E-state index in [1.807, 2.05) is 12.1 Å². The highest BCUT2D eigenvalue weighted by Crippen LogP contribution is 2.38. The number of rotatable bonds is 6. The van der Waals surface area contributed by atoms with Gasteiger partial charge < -0.3 is 10.1 Å². The summed E-state index contributed by atoms with van der Waals surface area (Å²) in [6.45, 7) is 0.828. The molecule has 100 valence electrons. The molecule has 2 aromatic rings. The summed E-state index contributed by atoms with van der Waals surface area (Å²) in [5, 5.41) is 10.4. The van der Waals surface area contributed by atoms with Crippen molar-refractivity contribution in [2.75, 3.05) is 19.0 Å². The summed E-state index contributed by atoms with van der Waals surface area (Å²) < 4.78 is 5.13. The maximum Gasteiger partial charge on any atom is 0.242 e. The normalized spacial score (nSPS) is 14.4. The number of aromatic amines is 1. The van der Waals surface area contributed by atoms with E-state index in [4.69, 9.17) is 4.74 Å². The Morgan fingerprint density at radius 2 is 2.11 bits per heavy atom. The topological polar surface area (TPSA) is 62.8 Å². The number of hydrogen-bond donors (Lipinski definition) is 2. The molecule has 1 saturated carbocycles. The predicted octanol–water partition coefficient (Wildman–Crippen LogP) is 2.35. The van der Waals surface area contributed by atoms with Crippen LogP contribution in [0.25, 0.3) is 0 Å². The number of nitrogens with zero attached hydrogens (tertiary/aromatic N) is 2. The van der Waals surface area contributed by atoms with Crippen LogP contribution in [0.1, 0.15) is 30.1 Å². The fourth-order valence-electron chi connectivity index (χ4n) is 2.00. The lowest BCUT2D eigenvalue weighted by atomic mass is 10.1. The lowest BCUT2D eigenvalue weighted by molar-refractivity contribution is 0.414. The van der Waals surface area contributed by atoms with Crippen LogP contribution in [0.5, 0.6) is 5.75 Å². The third kappa shape index (κ3) is 3.05. The first kappa shape index (κ1) is 12.0. The van der Waals surface area contributed by atoms with Gasteiger partial charge in [-0.2, -0.15) is 4.98 Å². The SMILES string of the molecule is COc1ccc(CCNc2n[nH]c(C3CC3)n2)cc1. The van der Waals surface area contributed by atoms with E-state index in [0.717, 1.165) is 24.5 Å². The number of nitrogens with one attached hydrogen (secondary N) is 2. The molecule has 0 atom stereocenters. The zero-order chi connectivity index (χ0) is 13.1. The first-order valence-electron chi connectivity index (χ1n) is 6.64. The van der Waals surface area contributed by atoms with E-state index < -0.39 is 0 Å². The van der Waals surface area contributed by atoms with E-state index in [1.165, 1.54) is 18.4 Å². The minimum atomic E-state index is 0.615. The number of benzene rings is 1. The van der Waals surface area contributed by atoms with E-state index in [0.29, 0.717) is 11.9 Å². The molecule has 0 unspecified atom stereocenters. The lowest BCUT2D eigenvalue weighted by Gasteiger charge is -2.04. The van der Waals surface area contributed by atoms with Crippen LogP contribution in [0.3, 0.4) is 0 Å². The van der Waals surface area contributed by atoms with Gasteiger partial charge in [-0.1, -0.05) is 12.1 Å². The van der Waals surface area contributed by atoms with Gasteiger partial charge >= 0.3 is 0 Å². The Kier molecular flexibility index (Phi) is 3.35. The minimum Gasteiger partial charge on any atom is -0.497 e. The molecule has 0 radical (unpaired) electrons. The summed E-state index contributed by atoms with van der Waals surface area (Å²) in [6, 6.07) is 8.11. The summed E-state index contributed by atoms with van der Waals surface area (Å²) in [7, 11) is 1.68. The van der Waals surface area contributed by atoms with Gasteiger partial charge in [0.2, 0.25) is 5.95 Å². The van der Waals surface area contributed by atoms with Crippen molar-refractivity contribution in [2.45, 2.75) is 25.2 Å². The molecule has 2 N–H and O–H groups in total. The van der Waals surface area contributed by atoms with E-state index in [9.17, 15) is 0 Å². The smallest absolute Gasteiger partial charge is 0.242 e. The molecule has 1 aromatic carbocycles. The number of methoxy groups -OCH3 is 1. The minimum absolute atomic E-state index is 0.615. The van der Waals surface area contributed by atoms with E-state index in [2.05, 4.69) is 32.6 Å². The third-order valence-corrected chi connectivity index (χ3v) is 3.32. The highest BCUT2D eigenvalue weighted by atomic mass is 16.5. The zero-order valence-corrected chi connectivity index (χ0v) is 11.0. The highest BCUT2D eigenvalue weighted by Gasteiger charge is 2.26. The van der Waals surface area contributed by atoms with Crippen LogP contribution in [-0.4, -0.2) is 28.8 Å². The van der Waals surface area contributed by atoms with Crippen LogP contribution in [0.4, 0.5) is 5.95 Å². The van der Waals surface area contributed by atoms with Crippen LogP contribution < -0.4 is 10.1 Å². The standard InChI is InChI=1S/C14H18N4O/c1-19-12-6-2-10(3-7-12)8-9-15-14-16-13(17-18-14)11-4-5-11/h2-3,6-7,11H,4-5,8-9H2,1H3,(H2,15,16,17,18). The van der Waals surface area contributed by atoms with E-state index >= 15 is 0 Å². The number of ether oxygens (including phenoxy) is 1. The van der Waals surface area contributed by atoms with Gasteiger partial charge in [0.25, 0.3) is 0 Å². The molecular weight excluding hydrogens is 240 g/mol. The summed E-state index contributed by atoms with van der Waals surface area (Å²) >= 11 is 0. The molecule has 1 aromatic heterocycles. The maximum absolute atomic E-state index is 5.13. The van der Waals surface area contributed by atoms with Crippen LogP contribution in [0, 0.1) is 0 Å². The second kappa shape index (κ2) is 5.30. The Hall–Kier alpha value is -2.04. The fourth-order valence-corrected chi connectivity index (χ4v) is 2.00. The Morgan fingerprint density at radius 3 is 2.79 bits per heavy atom. The van der Waals surface area contributed by atoms with Crippen molar-refractivity contribution >= 4 is 5.95 Å². The van der Waals surface area contributed by atoms with Gasteiger partial charge in [-0.15, -0.1) is 5.10 Å². The van der Waals surface area contributed by atoms with Crippen molar-refractivity contribution in [2.24, 2.45) is 0 Å². The predicted molar refractivity (Wildman–Crippen MR) is 73.5 cm³/mol. The van der Waals surface area contributed by atoms with Gasteiger partial charge in [0.15, 0.2) is 0 Å². The van der Waals surface area contributed by atoms with Crippen molar-refractivity contribution in [3.63, 3.8) is 0 Å². The second-order valence-corrected chi connectivity index (χ2v) is 4.84. The van der Waals surface area contributed by atoms with Crippen LogP contribution >= 0.6 is 0 Å². The monoisotopic (exact) mass is 258 g/mol. The molecule has 0 spiro atoms. The number of aromatic nitrogens is 3. The molecule has 0 bridgehead atoms. The molecule has 0 aliphatic heterocycles. The Bertz CT molecular complexity index is 531. The van der Waals surface area contributed by atoms with Gasteiger partial charge in [0.1, 0.15) is 11.6 Å². The van der Waals surface area contributed by atoms with Crippen molar-refractivity contribution in [1.82, 2.24) is 15.2 Å². The third-order valence-electron chi connectivity index (χ3n) is 3.32. The second-order valence-electron chi connectivity index (χ2n) is 4.84. The quantitative estimate of drug-likeness (QED) is 0.835. The number of H-pyrrole nitrogens is 1. The molecule has 1 aliphatic rings. The van der Waals surface area contributed by atoms with Crippen molar-refractivity contribution in [1.29, 1.82) is 0 Å². The number of hydrogen-bond acceptors (Lipinski definition) is 4. The van der Waals surface area contributed by atoms with Crippen LogP contribution in [-0.2, 0) is 6.42 Å². The van der Waals surface area contributed by atoms with Crippen molar-refractivity contribution in [3.05, 3.63) is 35.7 Å². The first-order chi connectivity index (χ1) is 9.35. The van der Waals surface area contributed by atoms with Gasteiger partial charge in [0, 0.05) is 12.5 Å². The largest absolute Gasteiger partial charge is 0.497 e. The first-order valence-corrected chi connectivity index (χ1v) is 6.64. The Labute approximate surface area is 112 Å². The van der Waals surface area contributed by atoms with Gasteiger partial charge in [-0.3, -0.25) is 5.10 Å². The average molecular weight is 258 g/mol. The molecule has 1 aliphatic carbocycles. The Morgan fingerprint density at radius 1 is 1.32 bits per heavy atom. The molecule has 1 fully saturated rings. The molecule has 0 saturated heterocycles. The van der Waals surface area contributed by atoms with E-state index in [-0.39, 0.29) is 0 Å². The fraction of sp³-hybridized carbons (Fsp3) is 0.429. The molecule has 1 heterocycles. The number of anilines is 1. The summed E-state index contributed by atoms with van der Waals surface area (Å²) in [5.74, 6) is 3.23. The highest BCUT2D eigenvalue weighted by molar-refractivity contribution is 5.29. The zero-order valence-electron chi connectivity index (χ0n) is 11.0. The molecule has 3 rings (SSSR count). The summed E-state index contributed by atoms with van der Waals surface area (Å²) in [4.78, 5) is 4.43. The maximum atomic E-state index is 5.13. The van der Waals surface area contributed by atoms with Crippen LogP contribution in [0.15, 0.2) is 24.3 Å². The lowest BCUT2D eigenvalue weighted by Crippen LogP contribution is -2.06. The van der Waals surface area contributed by atoms with Crippen molar-refractivity contribution in [3.8, 4) is 5.75 Å². The van der Waals surface area contributed by atoms with Crippen molar-refractivity contribution < 1.29 is 4.74 Å². The molecular formula is C14H18N4O. The Balaban J connectivity index is 1.48. The molecule has 19 heavy (non-hydrogen) atoms. The van der Waals surface area contributed by atoms with Gasteiger partial charge in [-0.25, -0.2) is 0 Å². The van der Waals surface area contributed by atoms with Crippen LogP contribution in [0.2, 0.25) is 0 Å². The molecule has 0 amide bonds. The molecule has 5 heteroatoms. The molecule has 5 nitrogen and oxygen atoms in total. The van der Waals surface area contributed by atoms with E-state index in [1.54, 1.807) is 7.11 Å². The summed E-state index contributed by atoms with van der Waals surface area (Å²) in [6.07, 6.45) is 3.41. The summed E-state index contributed by atoms with van der Waals surface area (Å²) in [5.41, 5.74) is 1.27. The van der Waals surface area contributed by atoms with Gasteiger partial charge in [-0.05, 0) is 37.0 Å². The average Bonchev–Trinajstić information content (AvgIpc) is 3.20.